The fraction of sp³-hybridized carbons (Fsp3) is 1.00. The lowest BCUT2D eigenvalue weighted by atomic mass is 9.52. The van der Waals surface area contributed by atoms with Crippen LogP contribution >= 0.6 is 0 Å². The van der Waals surface area contributed by atoms with Gasteiger partial charge in [0.1, 0.15) is 6.67 Å². The summed E-state index contributed by atoms with van der Waals surface area (Å²) < 4.78 is 150. The third-order valence-corrected chi connectivity index (χ3v) is 4.54. The zero-order valence-electron chi connectivity index (χ0n) is 10.9. The molecule has 2 saturated carbocycles. The van der Waals surface area contributed by atoms with E-state index < -0.39 is 59.5 Å². The quantitative estimate of drug-likeness (QED) is 0.604. The summed E-state index contributed by atoms with van der Waals surface area (Å²) in [6.07, 6.45) is -3.30. The van der Waals surface area contributed by atoms with E-state index in [1.54, 1.807) is 0 Å². The van der Waals surface area contributed by atoms with Crippen molar-refractivity contribution in [2.75, 3.05) is 6.67 Å². The fourth-order valence-corrected chi connectivity index (χ4v) is 2.99. The van der Waals surface area contributed by atoms with Crippen LogP contribution in [0.15, 0.2) is 0 Å². The standard InChI is InChI=1S/C10H7F11O3/c11-2-3(12)1-4(22)7(15,16)5(23,6(3,13)14)9(19,20)10(21,24)8(4,17)18/h22-24H,1-2H2. The Morgan fingerprint density at radius 1 is 0.625 bits per heavy atom. The molecule has 0 aromatic carbocycles. The summed E-state index contributed by atoms with van der Waals surface area (Å²) in [4.78, 5) is 0. The van der Waals surface area contributed by atoms with Gasteiger partial charge in [-0.1, -0.05) is 0 Å². The molecule has 0 heterocycles. The van der Waals surface area contributed by atoms with Crippen molar-refractivity contribution < 1.29 is 63.6 Å². The molecule has 0 aliphatic heterocycles. The number of fused-ring (bicyclic) bond motifs is 2. The Hall–Kier alpha value is -0.890. The monoisotopic (exact) mass is 384 g/mol. The maximum absolute atomic E-state index is 13.9. The van der Waals surface area contributed by atoms with Gasteiger partial charge in [-0.05, 0) is 0 Å². The molecule has 0 aromatic heterocycles. The number of halogens is 11. The molecule has 4 unspecified atom stereocenters. The van der Waals surface area contributed by atoms with E-state index in [0.29, 0.717) is 0 Å². The van der Waals surface area contributed by atoms with Crippen molar-refractivity contribution in [3.63, 3.8) is 0 Å². The second kappa shape index (κ2) is 4.09. The largest absolute Gasteiger partial charge is 0.378 e. The minimum Gasteiger partial charge on any atom is -0.378 e. The van der Waals surface area contributed by atoms with Gasteiger partial charge in [-0.15, -0.1) is 0 Å². The summed E-state index contributed by atoms with van der Waals surface area (Å²) in [5.74, 6) is -33.7. The fourth-order valence-electron chi connectivity index (χ4n) is 2.99. The first kappa shape index (κ1) is 19.4. The molecule has 2 aliphatic carbocycles. The zero-order valence-corrected chi connectivity index (χ0v) is 10.9. The van der Waals surface area contributed by atoms with Crippen molar-refractivity contribution in [1.82, 2.24) is 0 Å². The molecule has 142 valence electrons. The van der Waals surface area contributed by atoms with Crippen molar-refractivity contribution in [3.8, 4) is 0 Å². The third kappa shape index (κ3) is 1.33. The molecule has 2 fully saturated rings. The predicted molar refractivity (Wildman–Crippen MR) is 50.2 cm³/mol. The van der Waals surface area contributed by atoms with Gasteiger partial charge >= 0.3 is 29.5 Å². The van der Waals surface area contributed by atoms with Gasteiger partial charge in [0.25, 0.3) is 5.60 Å². The van der Waals surface area contributed by atoms with Crippen molar-refractivity contribution in [2.45, 2.75) is 52.8 Å². The van der Waals surface area contributed by atoms with Gasteiger partial charge in [0.05, 0.1) is 0 Å². The first-order chi connectivity index (χ1) is 10.3. The summed E-state index contributed by atoms with van der Waals surface area (Å²) >= 11 is 0. The molecule has 0 amide bonds. The van der Waals surface area contributed by atoms with E-state index in [2.05, 4.69) is 0 Å². The number of hydrogen-bond donors (Lipinski definition) is 3. The molecule has 2 rings (SSSR count). The van der Waals surface area contributed by atoms with Gasteiger partial charge in [0.15, 0.2) is 0 Å². The van der Waals surface area contributed by atoms with Crippen LogP contribution in [0.1, 0.15) is 6.42 Å². The molecule has 3 N–H and O–H groups in total. The Morgan fingerprint density at radius 2 is 1.04 bits per heavy atom. The summed E-state index contributed by atoms with van der Waals surface area (Å²) in [7, 11) is 0. The highest BCUT2D eigenvalue weighted by Gasteiger charge is 3.05. The highest BCUT2D eigenvalue weighted by atomic mass is 19.3. The van der Waals surface area contributed by atoms with Crippen LogP contribution < -0.4 is 0 Å². The van der Waals surface area contributed by atoms with Crippen LogP contribution in [0.5, 0.6) is 0 Å². The van der Waals surface area contributed by atoms with Crippen LogP contribution in [0.25, 0.3) is 0 Å². The maximum atomic E-state index is 13.9. The van der Waals surface area contributed by atoms with Crippen LogP contribution in [-0.2, 0) is 0 Å². The SMILES string of the molecule is OC1(F)C(F)(F)C2(O)CC(F)(CF)C(F)(F)C(O)(C1(F)F)C2(F)F. The lowest BCUT2D eigenvalue weighted by molar-refractivity contribution is -0.548. The van der Waals surface area contributed by atoms with E-state index >= 15 is 0 Å². The normalized spacial score (nSPS) is 51.2. The lowest BCUT2D eigenvalue weighted by Crippen LogP contribution is -2.96. The molecular weight excluding hydrogens is 377 g/mol. The van der Waals surface area contributed by atoms with Crippen LogP contribution in [0.4, 0.5) is 48.3 Å². The molecule has 14 heteroatoms. The molecule has 3 nitrogen and oxygen atoms in total. The van der Waals surface area contributed by atoms with Gasteiger partial charge in [0.2, 0.25) is 11.3 Å². The lowest BCUT2D eigenvalue weighted by Gasteiger charge is -2.65. The number of aliphatic hydroxyl groups is 3. The maximum Gasteiger partial charge on any atom is 0.352 e. The first-order valence-electron chi connectivity index (χ1n) is 5.89. The molecule has 0 saturated heterocycles. The molecule has 4 atom stereocenters. The van der Waals surface area contributed by atoms with E-state index in [9.17, 15) is 53.4 Å². The van der Waals surface area contributed by atoms with Gasteiger partial charge in [-0.25, -0.2) is 8.78 Å². The third-order valence-electron chi connectivity index (χ3n) is 4.54. The second-order valence-corrected chi connectivity index (χ2v) is 5.77. The van der Waals surface area contributed by atoms with Gasteiger partial charge in [0, 0.05) is 6.42 Å². The number of alkyl halides is 11. The van der Waals surface area contributed by atoms with Crippen LogP contribution in [0.2, 0.25) is 0 Å². The Morgan fingerprint density at radius 3 is 1.42 bits per heavy atom. The number of hydrogen-bond acceptors (Lipinski definition) is 3. The first-order valence-corrected chi connectivity index (χ1v) is 5.89. The van der Waals surface area contributed by atoms with Crippen molar-refractivity contribution in [2.24, 2.45) is 0 Å². The average Bonchev–Trinajstić information content (AvgIpc) is 2.42. The van der Waals surface area contributed by atoms with E-state index in [1.807, 2.05) is 0 Å². The average molecular weight is 384 g/mol. The van der Waals surface area contributed by atoms with Gasteiger partial charge in [-0.2, -0.15) is 39.5 Å². The molecular formula is C10H7F11O3. The topological polar surface area (TPSA) is 60.7 Å². The molecule has 24 heavy (non-hydrogen) atoms. The molecule has 2 bridgehead atoms. The Balaban J connectivity index is 3.03. The van der Waals surface area contributed by atoms with Crippen molar-refractivity contribution >= 4 is 0 Å². The Kier molecular flexibility index (Phi) is 3.31. The van der Waals surface area contributed by atoms with E-state index in [0.717, 1.165) is 0 Å². The number of rotatable bonds is 1. The summed E-state index contributed by atoms with van der Waals surface area (Å²) in [5.41, 5.74) is -17.9. The van der Waals surface area contributed by atoms with E-state index in [1.165, 1.54) is 0 Å². The van der Waals surface area contributed by atoms with Crippen molar-refractivity contribution in [1.29, 1.82) is 0 Å². The molecule has 0 aromatic rings. The Bertz CT molecular complexity index is 568. The van der Waals surface area contributed by atoms with Gasteiger partial charge < -0.3 is 15.3 Å². The van der Waals surface area contributed by atoms with Crippen LogP contribution in [0, 0.1) is 0 Å². The molecule has 2 aliphatic rings. The minimum absolute atomic E-state index is 3.17. The highest BCUT2D eigenvalue weighted by Crippen LogP contribution is 2.74. The Labute approximate surface area is 124 Å². The van der Waals surface area contributed by atoms with Crippen molar-refractivity contribution in [3.05, 3.63) is 0 Å². The van der Waals surface area contributed by atoms with Crippen LogP contribution in [-0.4, -0.2) is 68.4 Å². The minimum atomic E-state index is -7.13. The van der Waals surface area contributed by atoms with Crippen LogP contribution in [0.3, 0.4) is 0 Å². The molecule has 0 spiro atoms. The van der Waals surface area contributed by atoms with Gasteiger partial charge in [-0.3, -0.25) is 0 Å². The highest BCUT2D eigenvalue weighted by molar-refractivity contribution is 5.38. The summed E-state index contributed by atoms with van der Waals surface area (Å²) in [6.45, 7) is -3.17. The van der Waals surface area contributed by atoms with E-state index in [-0.39, 0.29) is 0 Å². The summed E-state index contributed by atoms with van der Waals surface area (Å²) in [5, 5.41) is 27.0. The molecule has 0 radical (unpaired) electrons. The van der Waals surface area contributed by atoms with E-state index in [4.69, 9.17) is 10.2 Å². The smallest absolute Gasteiger partial charge is 0.352 e. The second-order valence-electron chi connectivity index (χ2n) is 5.77. The predicted octanol–water partition coefficient (Wildman–Crippen LogP) is 1.74. The summed E-state index contributed by atoms with van der Waals surface area (Å²) in [6, 6.07) is 0. The zero-order chi connectivity index (χ0) is 19.4.